The number of methoxy groups -OCH3 is 1. The molecule has 2 aliphatic heterocycles. The summed E-state index contributed by atoms with van der Waals surface area (Å²) in [5, 5.41) is 0.713. The number of benzene rings is 2. The summed E-state index contributed by atoms with van der Waals surface area (Å²) >= 11 is 4.88. The number of amides is 1. The largest absolute Gasteiger partial charge is 0.497 e. The van der Waals surface area contributed by atoms with Crippen molar-refractivity contribution in [1.29, 1.82) is 0 Å². The number of thioether (sulfide) groups is 1. The lowest BCUT2D eigenvalue weighted by Crippen LogP contribution is -2.38. The fourth-order valence-corrected chi connectivity index (χ4v) is 4.83. The summed E-state index contributed by atoms with van der Waals surface area (Å²) in [7, 11) is 1.64. The molecule has 168 valence electrons. The Labute approximate surface area is 201 Å². The van der Waals surface area contributed by atoms with E-state index in [1.54, 1.807) is 12.0 Å². The molecule has 0 saturated carbocycles. The van der Waals surface area contributed by atoms with Crippen molar-refractivity contribution in [3.63, 3.8) is 0 Å². The predicted molar refractivity (Wildman–Crippen MR) is 133 cm³/mol. The molecule has 8 heteroatoms. The highest BCUT2D eigenvalue weighted by molar-refractivity contribution is 9.10. The molecule has 0 aromatic heterocycles. The Morgan fingerprint density at radius 1 is 1.09 bits per heavy atom. The molecular weight excluding hydrogens is 490 g/mol. The lowest BCUT2D eigenvalue weighted by atomic mass is 10.2. The van der Waals surface area contributed by atoms with Gasteiger partial charge in [0, 0.05) is 30.7 Å². The highest BCUT2D eigenvalue weighted by Gasteiger charge is 2.33. The van der Waals surface area contributed by atoms with Crippen molar-refractivity contribution in [2.24, 2.45) is 4.99 Å². The number of halogens is 1. The van der Waals surface area contributed by atoms with Crippen LogP contribution in [0.1, 0.15) is 12.0 Å². The van der Waals surface area contributed by atoms with Crippen LogP contribution in [-0.4, -0.2) is 67.4 Å². The van der Waals surface area contributed by atoms with Gasteiger partial charge in [-0.3, -0.25) is 14.6 Å². The number of morpholine rings is 1. The molecule has 6 nitrogen and oxygen atoms in total. The van der Waals surface area contributed by atoms with E-state index in [-0.39, 0.29) is 5.91 Å². The van der Waals surface area contributed by atoms with Gasteiger partial charge in [0.25, 0.3) is 5.91 Å². The number of carbonyl (C=O) groups excluding carboxylic acids is 1. The van der Waals surface area contributed by atoms with Gasteiger partial charge in [0.15, 0.2) is 5.17 Å². The van der Waals surface area contributed by atoms with E-state index in [2.05, 4.69) is 20.8 Å². The fourth-order valence-electron chi connectivity index (χ4n) is 3.54. The van der Waals surface area contributed by atoms with Crippen LogP contribution in [0, 0.1) is 0 Å². The van der Waals surface area contributed by atoms with Gasteiger partial charge in [-0.05, 0) is 66.2 Å². The predicted octanol–water partition coefficient (Wildman–Crippen LogP) is 4.78. The van der Waals surface area contributed by atoms with E-state index in [1.165, 1.54) is 11.8 Å². The van der Waals surface area contributed by atoms with Crippen LogP contribution < -0.4 is 4.74 Å². The molecule has 2 aromatic carbocycles. The Morgan fingerprint density at radius 3 is 2.50 bits per heavy atom. The highest BCUT2D eigenvalue weighted by atomic mass is 79.9. The van der Waals surface area contributed by atoms with Crippen LogP contribution in [-0.2, 0) is 9.53 Å². The minimum absolute atomic E-state index is 0.00663. The van der Waals surface area contributed by atoms with Crippen molar-refractivity contribution in [1.82, 2.24) is 9.80 Å². The standard InChI is InChI=1S/C24H26BrN3O3S/c1-30-21-9-7-20(8-10-21)26-24-28(12-2-11-27-13-15-31-16-14-27)23(29)22(32-24)17-18-3-5-19(25)6-4-18/h3-10,17H,2,11-16H2,1H3/b22-17+,26-24?. The van der Waals surface area contributed by atoms with Crippen LogP contribution in [0.25, 0.3) is 6.08 Å². The molecule has 0 unspecified atom stereocenters. The summed E-state index contributed by atoms with van der Waals surface area (Å²) in [4.78, 5) is 22.9. The number of hydrogen-bond acceptors (Lipinski definition) is 6. The van der Waals surface area contributed by atoms with Crippen LogP contribution in [0.3, 0.4) is 0 Å². The van der Waals surface area contributed by atoms with Gasteiger partial charge in [-0.2, -0.15) is 0 Å². The molecule has 32 heavy (non-hydrogen) atoms. The second-order valence-corrected chi connectivity index (χ2v) is 9.44. The van der Waals surface area contributed by atoms with E-state index in [1.807, 2.05) is 54.6 Å². The van der Waals surface area contributed by atoms with E-state index in [4.69, 9.17) is 14.5 Å². The maximum Gasteiger partial charge on any atom is 0.266 e. The molecule has 0 bridgehead atoms. The van der Waals surface area contributed by atoms with E-state index in [0.29, 0.717) is 16.6 Å². The van der Waals surface area contributed by atoms with Gasteiger partial charge in [0.05, 0.1) is 30.9 Å². The first-order valence-electron chi connectivity index (χ1n) is 10.6. The summed E-state index contributed by atoms with van der Waals surface area (Å²) in [6, 6.07) is 15.5. The summed E-state index contributed by atoms with van der Waals surface area (Å²) in [5.41, 5.74) is 1.78. The van der Waals surface area contributed by atoms with Crippen LogP contribution in [0.4, 0.5) is 5.69 Å². The lowest BCUT2D eigenvalue weighted by molar-refractivity contribution is -0.122. The van der Waals surface area contributed by atoms with Crippen LogP contribution in [0.2, 0.25) is 0 Å². The van der Waals surface area contributed by atoms with Crippen molar-refractivity contribution >= 4 is 50.5 Å². The summed E-state index contributed by atoms with van der Waals surface area (Å²) in [6.45, 7) is 5.04. The number of nitrogens with zero attached hydrogens (tertiary/aromatic N) is 3. The Morgan fingerprint density at radius 2 is 1.81 bits per heavy atom. The minimum Gasteiger partial charge on any atom is -0.497 e. The number of carbonyl (C=O) groups is 1. The molecule has 0 aliphatic carbocycles. The van der Waals surface area contributed by atoms with Crippen molar-refractivity contribution in [3.8, 4) is 5.75 Å². The third-order valence-corrected chi connectivity index (χ3v) is 6.85. The van der Waals surface area contributed by atoms with Crippen molar-refractivity contribution in [3.05, 3.63) is 63.5 Å². The maximum absolute atomic E-state index is 13.3. The molecule has 0 N–H and O–H groups in total. The second-order valence-electron chi connectivity index (χ2n) is 7.52. The molecule has 2 fully saturated rings. The Bertz CT molecular complexity index is 987. The molecule has 2 aliphatic rings. The van der Waals surface area contributed by atoms with Gasteiger partial charge in [-0.15, -0.1) is 0 Å². The SMILES string of the molecule is COc1ccc(N=C2S/C(=C/c3ccc(Br)cc3)C(=O)N2CCCN2CCOCC2)cc1. The quantitative estimate of drug-likeness (QED) is 0.496. The van der Waals surface area contributed by atoms with E-state index < -0.39 is 0 Å². The number of rotatable bonds is 7. The molecule has 0 spiro atoms. The zero-order valence-corrected chi connectivity index (χ0v) is 20.4. The monoisotopic (exact) mass is 515 g/mol. The Kier molecular flexibility index (Phi) is 8.02. The minimum atomic E-state index is 0.00663. The van der Waals surface area contributed by atoms with Crippen molar-refractivity contribution in [2.75, 3.05) is 46.5 Å². The molecule has 2 heterocycles. The van der Waals surface area contributed by atoms with Crippen LogP contribution >= 0.6 is 27.7 Å². The Balaban J connectivity index is 1.53. The number of hydrogen-bond donors (Lipinski definition) is 0. The van der Waals surface area contributed by atoms with Gasteiger partial charge >= 0.3 is 0 Å². The average molecular weight is 516 g/mol. The molecule has 4 rings (SSSR count). The first-order valence-corrected chi connectivity index (χ1v) is 12.2. The lowest BCUT2D eigenvalue weighted by Gasteiger charge is -2.27. The van der Waals surface area contributed by atoms with Gasteiger partial charge < -0.3 is 9.47 Å². The normalized spacial score (nSPS) is 19.8. The van der Waals surface area contributed by atoms with Crippen molar-refractivity contribution in [2.45, 2.75) is 6.42 Å². The Hall–Kier alpha value is -2.13. The zero-order valence-electron chi connectivity index (χ0n) is 18.0. The number of ether oxygens (including phenoxy) is 2. The van der Waals surface area contributed by atoms with E-state index in [0.717, 1.165) is 60.7 Å². The molecule has 2 aromatic rings. The average Bonchev–Trinajstić information content (AvgIpc) is 3.10. The molecule has 0 radical (unpaired) electrons. The second kappa shape index (κ2) is 11.1. The number of aliphatic imine (C=N–C) groups is 1. The molecule has 2 saturated heterocycles. The van der Waals surface area contributed by atoms with Gasteiger partial charge in [-0.1, -0.05) is 28.1 Å². The number of amidine groups is 1. The van der Waals surface area contributed by atoms with Crippen LogP contribution in [0.15, 0.2) is 62.9 Å². The van der Waals surface area contributed by atoms with Crippen molar-refractivity contribution < 1.29 is 14.3 Å². The topological polar surface area (TPSA) is 54.4 Å². The summed E-state index contributed by atoms with van der Waals surface area (Å²) in [6.07, 6.45) is 2.82. The van der Waals surface area contributed by atoms with E-state index >= 15 is 0 Å². The summed E-state index contributed by atoms with van der Waals surface area (Å²) in [5.74, 6) is 0.787. The smallest absolute Gasteiger partial charge is 0.266 e. The van der Waals surface area contributed by atoms with Gasteiger partial charge in [0.2, 0.25) is 0 Å². The highest BCUT2D eigenvalue weighted by Crippen LogP contribution is 2.34. The van der Waals surface area contributed by atoms with E-state index in [9.17, 15) is 4.79 Å². The maximum atomic E-state index is 13.3. The van der Waals surface area contributed by atoms with Gasteiger partial charge in [-0.25, -0.2) is 4.99 Å². The van der Waals surface area contributed by atoms with Crippen LogP contribution in [0.5, 0.6) is 5.75 Å². The fraction of sp³-hybridized carbons (Fsp3) is 0.333. The van der Waals surface area contributed by atoms with Gasteiger partial charge in [0.1, 0.15) is 5.75 Å². The first kappa shape index (κ1) is 23.0. The molecular formula is C24H26BrN3O3S. The molecule has 0 atom stereocenters. The zero-order chi connectivity index (χ0) is 22.3. The third-order valence-electron chi connectivity index (χ3n) is 5.31. The molecule has 1 amide bonds. The summed E-state index contributed by atoms with van der Waals surface area (Å²) < 4.78 is 11.7. The first-order chi connectivity index (χ1) is 15.6. The third kappa shape index (κ3) is 6.01.